The number of carbonyl (C=O) groups is 1. The molecule has 2 fully saturated rings. The van der Waals surface area contributed by atoms with E-state index in [1.165, 1.54) is 16.8 Å². The molecule has 0 aliphatic carbocycles. The van der Waals surface area contributed by atoms with Gasteiger partial charge in [0, 0.05) is 62.4 Å². The van der Waals surface area contributed by atoms with E-state index in [9.17, 15) is 4.79 Å². The second-order valence-electron chi connectivity index (χ2n) is 12.4. The zero-order chi connectivity index (χ0) is 31.3. The second-order valence-corrected chi connectivity index (χ2v) is 12.4. The van der Waals surface area contributed by atoms with Gasteiger partial charge in [0.2, 0.25) is 0 Å². The van der Waals surface area contributed by atoms with E-state index in [0.717, 1.165) is 80.6 Å². The van der Waals surface area contributed by atoms with E-state index in [0.29, 0.717) is 6.54 Å². The lowest BCUT2D eigenvalue weighted by Gasteiger charge is -2.42. The summed E-state index contributed by atoms with van der Waals surface area (Å²) >= 11 is 0. The number of anilines is 1. The minimum absolute atomic E-state index is 0.0595. The van der Waals surface area contributed by atoms with E-state index in [1.807, 2.05) is 6.07 Å². The normalized spacial score (nSPS) is 17.3. The molecule has 1 aromatic heterocycles. The Labute approximate surface area is 272 Å². The fourth-order valence-corrected chi connectivity index (χ4v) is 7.05. The molecule has 6 nitrogen and oxygen atoms in total. The van der Waals surface area contributed by atoms with Crippen molar-refractivity contribution in [3.8, 4) is 16.9 Å². The summed E-state index contributed by atoms with van der Waals surface area (Å²) in [5, 5.41) is 0. The highest BCUT2D eigenvalue weighted by Crippen LogP contribution is 2.34. The number of rotatable bonds is 8. The molecule has 2 aliphatic heterocycles. The number of ether oxygens (including phenoxy) is 1. The molecule has 0 saturated carbocycles. The minimum atomic E-state index is 0.0595. The van der Waals surface area contributed by atoms with Crippen LogP contribution >= 0.6 is 0 Å². The number of morpholine rings is 1. The Kier molecular flexibility index (Phi) is 8.99. The summed E-state index contributed by atoms with van der Waals surface area (Å²) in [6, 6.07) is 42.5. The van der Waals surface area contributed by atoms with Crippen LogP contribution in [-0.4, -0.2) is 72.3 Å². The Morgan fingerprint density at radius 2 is 1.37 bits per heavy atom. The molecular weight excluding hydrogens is 568 g/mol. The van der Waals surface area contributed by atoms with Gasteiger partial charge in [0.1, 0.15) is 0 Å². The van der Waals surface area contributed by atoms with Gasteiger partial charge in [0.15, 0.2) is 0 Å². The predicted molar refractivity (Wildman–Crippen MR) is 186 cm³/mol. The van der Waals surface area contributed by atoms with Crippen LogP contribution < -0.4 is 4.90 Å². The van der Waals surface area contributed by atoms with Crippen molar-refractivity contribution in [2.45, 2.75) is 25.9 Å². The average Bonchev–Trinajstić information content (AvgIpc) is 3.47. The number of aryl methyl sites for hydroxylation is 1. The van der Waals surface area contributed by atoms with E-state index in [2.05, 4.69) is 141 Å². The fraction of sp³-hybridized carbons (Fsp3) is 0.275. The first-order valence-corrected chi connectivity index (χ1v) is 16.5. The minimum Gasteiger partial charge on any atom is -0.378 e. The predicted octanol–water partition coefficient (Wildman–Crippen LogP) is 6.86. The molecule has 0 bridgehead atoms. The molecule has 2 aliphatic rings. The molecule has 7 rings (SSSR count). The lowest BCUT2D eigenvalue weighted by atomic mass is 9.99. The maximum Gasteiger partial charge on any atom is 0.256 e. The summed E-state index contributed by atoms with van der Waals surface area (Å²) in [6.07, 6.45) is 0.819. The number of amides is 1. The van der Waals surface area contributed by atoms with Crippen molar-refractivity contribution in [3.63, 3.8) is 0 Å². The molecule has 1 amide bonds. The molecule has 1 atom stereocenters. The highest BCUT2D eigenvalue weighted by atomic mass is 16.5. The van der Waals surface area contributed by atoms with Crippen LogP contribution in [0.1, 0.15) is 27.2 Å². The first-order chi connectivity index (χ1) is 22.6. The molecule has 2 saturated heterocycles. The number of nitrogens with zero attached hydrogens (tertiary/aromatic N) is 4. The van der Waals surface area contributed by atoms with Gasteiger partial charge < -0.3 is 19.1 Å². The van der Waals surface area contributed by atoms with Crippen LogP contribution in [-0.2, 0) is 17.7 Å². The lowest BCUT2D eigenvalue weighted by molar-refractivity contribution is 0.0439. The molecule has 3 heterocycles. The maximum atomic E-state index is 14.8. The summed E-state index contributed by atoms with van der Waals surface area (Å²) in [5.74, 6) is 0.102. The Morgan fingerprint density at radius 1 is 0.717 bits per heavy atom. The SMILES string of the molecule is Cc1cc(C(=O)N2CCN(Cc3ccccc3)C[C@H]2Cc2ccccc2)c(-c2ccccc2)n1-c1cccc(N2CCOCC2)c1. The molecule has 0 N–H and O–H groups in total. The van der Waals surface area contributed by atoms with Gasteiger partial charge in [-0.2, -0.15) is 0 Å². The van der Waals surface area contributed by atoms with E-state index >= 15 is 0 Å². The third-order valence-corrected chi connectivity index (χ3v) is 9.32. The number of carbonyl (C=O) groups excluding carboxylic acids is 1. The number of hydrogen-bond acceptors (Lipinski definition) is 4. The molecule has 0 spiro atoms. The van der Waals surface area contributed by atoms with Gasteiger partial charge in [-0.15, -0.1) is 0 Å². The Bertz CT molecular complexity index is 1750. The third-order valence-electron chi connectivity index (χ3n) is 9.32. The monoisotopic (exact) mass is 610 g/mol. The maximum absolute atomic E-state index is 14.8. The van der Waals surface area contributed by atoms with Crippen LogP contribution in [0.2, 0.25) is 0 Å². The number of aromatic nitrogens is 1. The molecule has 234 valence electrons. The quantitative estimate of drug-likeness (QED) is 0.193. The van der Waals surface area contributed by atoms with Crippen molar-refractivity contribution in [1.82, 2.24) is 14.4 Å². The van der Waals surface area contributed by atoms with E-state index in [1.54, 1.807) is 0 Å². The highest BCUT2D eigenvalue weighted by molar-refractivity contribution is 6.01. The molecular formula is C40H42N4O2. The van der Waals surface area contributed by atoms with Crippen LogP contribution in [0.4, 0.5) is 5.69 Å². The molecule has 4 aromatic carbocycles. The van der Waals surface area contributed by atoms with Crippen LogP contribution in [0.15, 0.2) is 121 Å². The highest BCUT2D eigenvalue weighted by Gasteiger charge is 2.34. The Balaban J connectivity index is 1.25. The van der Waals surface area contributed by atoms with Crippen molar-refractivity contribution in [3.05, 3.63) is 144 Å². The van der Waals surface area contributed by atoms with E-state index in [4.69, 9.17) is 4.74 Å². The zero-order valence-electron chi connectivity index (χ0n) is 26.6. The largest absolute Gasteiger partial charge is 0.378 e. The smallest absolute Gasteiger partial charge is 0.256 e. The summed E-state index contributed by atoms with van der Waals surface area (Å²) in [4.78, 5) is 21.9. The van der Waals surface area contributed by atoms with Crippen molar-refractivity contribution in [1.29, 1.82) is 0 Å². The fourth-order valence-electron chi connectivity index (χ4n) is 7.05. The molecule has 0 unspecified atom stereocenters. The van der Waals surface area contributed by atoms with Gasteiger partial charge in [-0.25, -0.2) is 0 Å². The van der Waals surface area contributed by atoms with Gasteiger partial charge in [-0.3, -0.25) is 9.69 Å². The molecule has 46 heavy (non-hydrogen) atoms. The van der Waals surface area contributed by atoms with Crippen LogP contribution in [0.25, 0.3) is 16.9 Å². The second kappa shape index (κ2) is 13.8. The van der Waals surface area contributed by atoms with Gasteiger partial charge in [-0.1, -0.05) is 97.1 Å². The zero-order valence-corrected chi connectivity index (χ0v) is 26.6. The average molecular weight is 611 g/mol. The van der Waals surface area contributed by atoms with Crippen molar-refractivity contribution < 1.29 is 9.53 Å². The summed E-state index contributed by atoms with van der Waals surface area (Å²) in [6.45, 7) is 8.60. The van der Waals surface area contributed by atoms with Crippen molar-refractivity contribution in [2.24, 2.45) is 0 Å². The summed E-state index contributed by atoms with van der Waals surface area (Å²) < 4.78 is 7.88. The molecule has 5 aromatic rings. The summed E-state index contributed by atoms with van der Waals surface area (Å²) in [7, 11) is 0. The van der Waals surface area contributed by atoms with Crippen LogP contribution in [0, 0.1) is 6.92 Å². The number of benzene rings is 4. The van der Waals surface area contributed by atoms with E-state index < -0.39 is 0 Å². The van der Waals surface area contributed by atoms with Crippen molar-refractivity contribution >= 4 is 11.6 Å². The summed E-state index contributed by atoms with van der Waals surface area (Å²) in [5.41, 5.74) is 8.60. The van der Waals surface area contributed by atoms with Crippen LogP contribution in [0.5, 0.6) is 0 Å². The van der Waals surface area contributed by atoms with Crippen molar-refractivity contribution in [2.75, 3.05) is 50.8 Å². The van der Waals surface area contributed by atoms with Gasteiger partial charge >= 0.3 is 0 Å². The Morgan fingerprint density at radius 3 is 2.09 bits per heavy atom. The van der Waals surface area contributed by atoms with Gasteiger partial charge in [-0.05, 0) is 54.3 Å². The number of hydrogen-bond donors (Lipinski definition) is 0. The standard InChI is InChI=1S/C40H42N4O2/c1-31-26-38(39(34-16-9-4-10-17-34)44(31)36-19-11-18-35(28-36)42-22-24-46-25-23-42)40(45)43-21-20-41(29-33-14-7-3-8-15-33)30-37(43)27-32-12-5-2-6-13-32/h2-19,26,28,37H,20-25,27,29-30H2,1H3/t37-/m1/s1. The molecule has 6 heteroatoms. The molecule has 0 radical (unpaired) electrons. The van der Waals surface area contributed by atoms with Gasteiger partial charge in [0.05, 0.1) is 24.5 Å². The first kappa shape index (κ1) is 30.0. The van der Waals surface area contributed by atoms with Gasteiger partial charge in [0.25, 0.3) is 5.91 Å². The lowest BCUT2D eigenvalue weighted by Crippen LogP contribution is -2.55. The third kappa shape index (κ3) is 6.50. The van der Waals surface area contributed by atoms with Crippen LogP contribution in [0.3, 0.4) is 0 Å². The van der Waals surface area contributed by atoms with E-state index in [-0.39, 0.29) is 11.9 Å². The topological polar surface area (TPSA) is 41.0 Å². The Hall–Kier alpha value is -4.65. The first-order valence-electron chi connectivity index (χ1n) is 16.5. The number of piperazine rings is 1.